The van der Waals surface area contributed by atoms with E-state index in [0.29, 0.717) is 51.6 Å². The molecule has 1 aliphatic carbocycles. The van der Waals surface area contributed by atoms with Gasteiger partial charge in [0.25, 0.3) is 17.7 Å². The Morgan fingerprint density at radius 3 is 2.58 bits per heavy atom. The number of benzene rings is 1. The van der Waals surface area contributed by atoms with Gasteiger partial charge in [0, 0.05) is 101 Å². The fourth-order valence-electron chi connectivity index (χ4n) is 8.57. The van der Waals surface area contributed by atoms with Crippen LogP contribution in [0.5, 0.6) is 17.4 Å². The van der Waals surface area contributed by atoms with Crippen molar-refractivity contribution in [1.29, 1.82) is 0 Å². The number of carbonyl (C=O) groups is 1. The van der Waals surface area contributed by atoms with Gasteiger partial charge in [-0.25, -0.2) is 18.2 Å². The lowest BCUT2D eigenvalue weighted by Crippen LogP contribution is -2.67. The van der Waals surface area contributed by atoms with E-state index < -0.39 is 36.5 Å². The Bertz CT molecular complexity index is 1820. The Balaban J connectivity index is 0.872. The van der Waals surface area contributed by atoms with Gasteiger partial charge in [0.05, 0.1) is 25.4 Å². The van der Waals surface area contributed by atoms with Crippen molar-refractivity contribution in [3.63, 3.8) is 0 Å². The number of anilines is 1. The minimum atomic E-state index is -2.82. The third-order valence-electron chi connectivity index (χ3n) is 11.4. The summed E-state index contributed by atoms with van der Waals surface area (Å²) in [6.45, 7) is 12.5. The fourth-order valence-corrected chi connectivity index (χ4v) is 8.57. The van der Waals surface area contributed by atoms with Gasteiger partial charge in [-0.1, -0.05) is 0 Å². The quantitative estimate of drug-likeness (QED) is 0.254. The van der Waals surface area contributed by atoms with Gasteiger partial charge in [0.2, 0.25) is 0 Å². The smallest absolute Gasteiger partial charge is 0.282 e. The molecule has 0 bridgehead atoms. The molecular weight excluding hydrogens is 717 g/mol. The second kappa shape index (κ2) is 15.8. The van der Waals surface area contributed by atoms with Gasteiger partial charge >= 0.3 is 0 Å². The van der Waals surface area contributed by atoms with Crippen molar-refractivity contribution in [2.45, 2.75) is 88.6 Å². The molecule has 16 heteroatoms. The molecule has 1 aromatic carbocycles. The third-order valence-corrected chi connectivity index (χ3v) is 11.4. The highest BCUT2D eigenvalue weighted by atomic mass is 19.3. The van der Waals surface area contributed by atoms with E-state index in [1.807, 2.05) is 17.2 Å². The lowest BCUT2D eigenvalue weighted by atomic mass is 9.85. The van der Waals surface area contributed by atoms with Crippen LogP contribution in [0.15, 0.2) is 36.8 Å². The number of ether oxygens (including phenoxy) is 4. The second-order valence-corrected chi connectivity index (χ2v) is 15.8. The summed E-state index contributed by atoms with van der Waals surface area (Å²) in [4.78, 5) is 31.3. The Labute approximate surface area is 319 Å². The van der Waals surface area contributed by atoms with Crippen LogP contribution in [0.2, 0.25) is 0 Å². The van der Waals surface area contributed by atoms with E-state index in [4.69, 9.17) is 18.9 Å². The summed E-state index contributed by atoms with van der Waals surface area (Å²) in [5.41, 5.74) is 2.09. The molecule has 0 radical (unpaired) electrons. The van der Waals surface area contributed by atoms with Gasteiger partial charge in [-0.15, -0.1) is 10.2 Å². The van der Waals surface area contributed by atoms with Crippen molar-refractivity contribution in [3.8, 4) is 17.4 Å². The van der Waals surface area contributed by atoms with E-state index in [9.17, 15) is 18.0 Å². The number of aromatic nitrogens is 4. The van der Waals surface area contributed by atoms with Gasteiger partial charge in [-0.05, 0) is 57.6 Å². The van der Waals surface area contributed by atoms with Crippen molar-refractivity contribution < 1.29 is 36.9 Å². The first kappa shape index (κ1) is 37.8. The highest BCUT2D eigenvalue weighted by Crippen LogP contribution is 2.42. The number of alkyl halides is 2. The predicted molar refractivity (Wildman–Crippen MR) is 195 cm³/mol. The number of likely N-dealkylation sites (tertiary alicyclic amines) is 1. The molecule has 1 spiro atoms. The molecule has 5 aliphatic rings. The Morgan fingerprint density at radius 2 is 1.84 bits per heavy atom. The highest BCUT2D eigenvalue weighted by molar-refractivity contribution is 5.97. The van der Waals surface area contributed by atoms with Crippen LogP contribution < -0.4 is 14.4 Å². The Hall–Kier alpha value is -4.12. The van der Waals surface area contributed by atoms with Crippen molar-refractivity contribution in [1.82, 2.24) is 34.9 Å². The van der Waals surface area contributed by atoms with Crippen LogP contribution in [0, 0.1) is 5.82 Å². The Morgan fingerprint density at radius 1 is 1.04 bits per heavy atom. The maximum absolute atomic E-state index is 14.5. The minimum absolute atomic E-state index is 0.0239. The molecule has 6 heterocycles. The van der Waals surface area contributed by atoms with E-state index in [2.05, 4.69) is 30.0 Å². The number of pyridine rings is 1. The van der Waals surface area contributed by atoms with Crippen molar-refractivity contribution >= 4 is 11.7 Å². The van der Waals surface area contributed by atoms with Gasteiger partial charge in [-0.3, -0.25) is 19.6 Å². The number of carbonyl (C=O) groups excluding carboxylic acids is 1. The van der Waals surface area contributed by atoms with Crippen LogP contribution in [0.4, 0.5) is 19.0 Å². The summed E-state index contributed by atoms with van der Waals surface area (Å²) in [7, 11) is 0. The SMILES string of the molecule is CC(C)N(C(=O)c1cc(F)ccc1Oc1nncnc1N1CCC(Oc2ccnc3c2CN(CCCN2CC4(COCCO4)C2)CC3)CC1)C1CC(F)(F)C1. The fraction of sp³-hybridized carbons (Fsp3) is 0.615. The lowest BCUT2D eigenvalue weighted by Gasteiger charge is -2.51. The molecule has 0 N–H and O–H groups in total. The zero-order valence-corrected chi connectivity index (χ0v) is 31.5. The van der Waals surface area contributed by atoms with Crippen molar-refractivity contribution in [2.24, 2.45) is 0 Å². The van der Waals surface area contributed by atoms with E-state index in [-0.39, 0.29) is 34.9 Å². The standard InChI is InChI=1S/C39H49F3N8O5/c1-26(2)50(28-19-39(41,42)20-28)37(51)30-18-27(40)4-5-33(30)55-36-35(44-25-45-46-36)49-14-7-29(8-15-49)54-34-6-10-43-32-9-13-47(21-31(32)34)11-3-12-48-22-38(23-48)24-52-16-17-53-38/h4-6,10,18,25-26,28-29H,3,7-9,11-17,19-24H2,1-2H3. The van der Waals surface area contributed by atoms with Gasteiger partial charge in [-0.2, -0.15) is 0 Å². The molecular formula is C39H49F3N8O5. The number of hydrogen-bond donors (Lipinski definition) is 0. The molecule has 1 amide bonds. The van der Waals surface area contributed by atoms with Crippen LogP contribution in [-0.2, 0) is 22.4 Å². The van der Waals surface area contributed by atoms with E-state index in [1.165, 1.54) is 23.4 Å². The second-order valence-electron chi connectivity index (χ2n) is 15.8. The zero-order valence-electron chi connectivity index (χ0n) is 31.5. The summed E-state index contributed by atoms with van der Waals surface area (Å²) < 4.78 is 66.5. The first-order valence-corrected chi connectivity index (χ1v) is 19.5. The normalized spacial score (nSPS) is 21.5. The number of nitrogens with zero attached hydrogens (tertiary/aromatic N) is 8. The summed E-state index contributed by atoms with van der Waals surface area (Å²) in [5, 5.41) is 8.10. The van der Waals surface area contributed by atoms with Crippen LogP contribution in [0.1, 0.15) is 67.6 Å². The lowest BCUT2D eigenvalue weighted by molar-refractivity contribution is -0.216. The molecule has 4 fully saturated rings. The van der Waals surface area contributed by atoms with E-state index in [1.54, 1.807) is 13.8 Å². The molecule has 1 saturated carbocycles. The van der Waals surface area contributed by atoms with Crippen molar-refractivity contribution in [3.05, 3.63) is 59.4 Å². The Kier molecular flexibility index (Phi) is 10.8. The number of hydrogen-bond acceptors (Lipinski definition) is 12. The summed E-state index contributed by atoms with van der Waals surface area (Å²) in [6.07, 6.45) is 5.67. The van der Waals surface area contributed by atoms with Crippen molar-refractivity contribution in [2.75, 3.05) is 70.5 Å². The van der Waals surface area contributed by atoms with Gasteiger partial charge in [0.1, 0.15) is 35.3 Å². The molecule has 4 aliphatic heterocycles. The number of halogens is 3. The number of piperidine rings is 1. The molecule has 55 heavy (non-hydrogen) atoms. The maximum Gasteiger partial charge on any atom is 0.282 e. The number of fused-ring (bicyclic) bond motifs is 1. The molecule has 2 aromatic heterocycles. The summed E-state index contributed by atoms with van der Waals surface area (Å²) >= 11 is 0. The monoisotopic (exact) mass is 766 g/mol. The molecule has 8 rings (SSSR count). The molecule has 3 aromatic rings. The molecule has 13 nitrogen and oxygen atoms in total. The maximum atomic E-state index is 14.5. The highest BCUT2D eigenvalue weighted by Gasteiger charge is 2.50. The summed E-state index contributed by atoms with van der Waals surface area (Å²) in [6, 6.07) is 4.51. The van der Waals surface area contributed by atoms with Gasteiger partial charge < -0.3 is 28.7 Å². The first-order chi connectivity index (χ1) is 26.5. The number of rotatable bonds is 12. The van der Waals surface area contributed by atoms with Gasteiger partial charge in [0.15, 0.2) is 5.82 Å². The average molecular weight is 767 g/mol. The topological polar surface area (TPSA) is 119 Å². The van der Waals surface area contributed by atoms with E-state index >= 15 is 0 Å². The minimum Gasteiger partial charge on any atom is -0.490 e. The molecule has 0 unspecified atom stereocenters. The van der Waals surface area contributed by atoms with E-state index in [0.717, 1.165) is 75.2 Å². The molecule has 0 atom stereocenters. The summed E-state index contributed by atoms with van der Waals surface area (Å²) in [5.74, 6) is -2.65. The first-order valence-electron chi connectivity index (χ1n) is 19.5. The van der Waals surface area contributed by atoms with Crippen LogP contribution >= 0.6 is 0 Å². The largest absolute Gasteiger partial charge is 0.490 e. The predicted octanol–water partition coefficient (Wildman–Crippen LogP) is 4.74. The van der Waals surface area contributed by atoms with Crippen LogP contribution in [0.3, 0.4) is 0 Å². The molecule has 3 saturated heterocycles. The zero-order chi connectivity index (χ0) is 38.2. The average Bonchev–Trinajstić information content (AvgIpc) is 3.15. The number of amides is 1. The van der Waals surface area contributed by atoms with Crippen LogP contribution in [0.25, 0.3) is 0 Å². The van der Waals surface area contributed by atoms with Crippen LogP contribution in [-0.4, -0.2) is 136 Å². The third kappa shape index (κ3) is 8.37. The molecule has 296 valence electrons.